The van der Waals surface area contributed by atoms with Crippen LogP contribution in [0.15, 0.2) is 18.2 Å². The van der Waals surface area contributed by atoms with Crippen molar-refractivity contribution in [3.05, 3.63) is 23.8 Å². The van der Waals surface area contributed by atoms with Crippen molar-refractivity contribution in [3.8, 4) is 11.5 Å². The molecule has 1 N–H and O–H groups in total. The van der Waals surface area contributed by atoms with Crippen LogP contribution < -0.4 is 15.0 Å². The van der Waals surface area contributed by atoms with E-state index >= 15 is 0 Å². The highest BCUT2D eigenvalue weighted by atomic mass is 19.3. The van der Waals surface area contributed by atoms with Gasteiger partial charge in [-0.2, -0.15) is 23.0 Å². The summed E-state index contributed by atoms with van der Waals surface area (Å²) in [5, 5.41) is 0. The van der Waals surface area contributed by atoms with Crippen molar-refractivity contribution in [2.45, 2.75) is 46.1 Å². The number of nitrogens with one attached hydrogen (secondary N) is 1. The smallest absolute Gasteiger partial charge is 0.387 e. The summed E-state index contributed by atoms with van der Waals surface area (Å²) in [7, 11) is 0. The Morgan fingerprint density at radius 2 is 1.67 bits per heavy atom. The van der Waals surface area contributed by atoms with Gasteiger partial charge in [-0.3, -0.25) is 4.84 Å². The Morgan fingerprint density at radius 3 is 2.19 bits per heavy atom. The monoisotopic (exact) mass is 311 g/mol. The lowest BCUT2D eigenvalue weighted by Crippen LogP contribution is -2.28. The lowest BCUT2D eigenvalue weighted by molar-refractivity contribution is -0.0778. The van der Waals surface area contributed by atoms with Crippen LogP contribution in [-0.2, 0) is 11.4 Å². The summed E-state index contributed by atoms with van der Waals surface area (Å²) in [6, 6.07) is 3.56. The topological polar surface area (TPSA) is 39.7 Å². The highest BCUT2D eigenvalue weighted by Gasteiger charge is 2.15. The predicted molar refractivity (Wildman–Crippen MR) is 67.4 cm³/mol. The normalized spacial score (nSPS) is 12.0. The quantitative estimate of drug-likeness (QED) is 0.615. The zero-order valence-electron chi connectivity index (χ0n) is 11.8. The van der Waals surface area contributed by atoms with E-state index in [1.807, 2.05) is 0 Å². The third kappa shape index (κ3) is 7.14. The van der Waals surface area contributed by atoms with Gasteiger partial charge in [-0.1, -0.05) is 6.07 Å². The minimum atomic E-state index is -3.07. The highest BCUT2D eigenvalue weighted by Crippen LogP contribution is 2.27. The van der Waals surface area contributed by atoms with Gasteiger partial charge < -0.3 is 9.47 Å². The number of hydrogen-bond donors (Lipinski definition) is 1. The SMILES string of the molecule is CC(C)(C)ONCc1ccc(OC(F)F)cc1OC(F)F. The van der Waals surface area contributed by atoms with E-state index in [1.54, 1.807) is 20.8 Å². The number of hydroxylamine groups is 1. The van der Waals surface area contributed by atoms with E-state index in [9.17, 15) is 17.6 Å². The molecule has 0 atom stereocenters. The van der Waals surface area contributed by atoms with E-state index < -0.39 is 18.8 Å². The molecule has 0 heterocycles. The molecule has 0 saturated heterocycles. The molecule has 0 aliphatic rings. The average molecular weight is 311 g/mol. The maximum Gasteiger partial charge on any atom is 0.387 e. The maximum absolute atomic E-state index is 12.3. The first-order valence-corrected chi connectivity index (χ1v) is 6.11. The first kappa shape index (κ1) is 17.5. The predicted octanol–water partition coefficient (Wildman–Crippen LogP) is 3.71. The molecule has 1 aromatic rings. The first-order valence-electron chi connectivity index (χ1n) is 6.11. The number of rotatable bonds is 7. The largest absolute Gasteiger partial charge is 0.435 e. The lowest BCUT2D eigenvalue weighted by Gasteiger charge is -2.20. The molecule has 0 unspecified atom stereocenters. The molecular weight excluding hydrogens is 294 g/mol. The van der Waals surface area contributed by atoms with Crippen LogP contribution in [0.2, 0.25) is 0 Å². The van der Waals surface area contributed by atoms with E-state index in [4.69, 9.17) is 4.84 Å². The van der Waals surface area contributed by atoms with Crippen LogP contribution in [0, 0.1) is 0 Å². The van der Waals surface area contributed by atoms with Crippen molar-refractivity contribution >= 4 is 0 Å². The highest BCUT2D eigenvalue weighted by molar-refractivity contribution is 5.40. The molecule has 0 aliphatic carbocycles. The summed E-state index contributed by atoms with van der Waals surface area (Å²) in [6.07, 6.45) is 0. The molecule has 0 spiro atoms. The van der Waals surface area contributed by atoms with E-state index in [0.717, 1.165) is 6.07 Å². The lowest BCUT2D eigenvalue weighted by atomic mass is 10.2. The summed E-state index contributed by atoms with van der Waals surface area (Å²) in [5.41, 5.74) is 2.45. The van der Waals surface area contributed by atoms with E-state index in [1.165, 1.54) is 12.1 Å². The average Bonchev–Trinajstić information content (AvgIpc) is 2.28. The van der Waals surface area contributed by atoms with Crippen LogP contribution in [0.4, 0.5) is 17.6 Å². The molecule has 0 bridgehead atoms. The third-order valence-corrected chi connectivity index (χ3v) is 2.12. The maximum atomic E-state index is 12.3. The fourth-order valence-electron chi connectivity index (χ4n) is 1.39. The van der Waals surface area contributed by atoms with Gasteiger partial charge >= 0.3 is 13.2 Å². The molecule has 0 amide bonds. The first-order chi connectivity index (χ1) is 9.67. The molecule has 0 saturated carbocycles. The minimum absolute atomic E-state index is 0.0638. The van der Waals surface area contributed by atoms with Crippen LogP contribution in [0.1, 0.15) is 26.3 Å². The number of hydrogen-bond acceptors (Lipinski definition) is 4. The number of benzene rings is 1. The zero-order chi connectivity index (χ0) is 16.0. The Kier molecular flexibility index (Phi) is 6.22. The van der Waals surface area contributed by atoms with Gasteiger partial charge in [0.05, 0.1) is 5.60 Å². The van der Waals surface area contributed by atoms with Crippen LogP contribution in [0.3, 0.4) is 0 Å². The van der Waals surface area contributed by atoms with Crippen molar-refractivity contribution in [2.24, 2.45) is 0 Å². The second-order valence-electron chi connectivity index (χ2n) is 5.06. The van der Waals surface area contributed by atoms with Crippen molar-refractivity contribution in [3.63, 3.8) is 0 Å². The van der Waals surface area contributed by atoms with E-state index in [2.05, 4.69) is 15.0 Å². The summed E-state index contributed by atoms with van der Waals surface area (Å²) in [4.78, 5) is 5.24. The molecule has 0 radical (unpaired) electrons. The molecule has 21 heavy (non-hydrogen) atoms. The van der Waals surface area contributed by atoms with Gasteiger partial charge in [0.2, 0.25) is 0 Å². The molecule has 120 valence electrons. The summed E-state index contributed by atoms with van der Waals surface area (Å²) in [6.45, 7) is -0.650. The van der Waals surface area contributed by atoms with Crippen LogP contribution in [0.5, 0.6) is 11.5 Å². The molecule has 8 heteroatoms. The van der Waals surface area contributed by atoms with Gasteiger partial charge in [0, 0.05) is 18.2 Å². The summed E-state index contributed by atoms with van der Waals surface area (Å²) >= 11 is 0. The minimum Gasteiger partial charge on any atom is -0.435 e. The van der Waals surface area contributed by atoms with Gasteiger partial charge in [-0.15, -0.1) is 0 Å². The number of alkyl halides is 4. The van der Waals surface area contributed by atoms with Gasteiger partial charge in [0.1, 0.15) is 11.5 Å². The van der Waals surface area contributed by atoms with Crippen molar-refractivity contribution in [1.29, 1.82) is 0 Å². The van der Waals surface area contributed by atoms with Crippen LogP contribution in [-0.4, -0.2) is 18.8 Å². The molecule has 4 nitrogen and oxygen atoms in total. The molecule has 1 rings (SSSR count). The van der Waals surface area contributed by atoms with E-state index in [-0.39, 0.29) is 18.0 Å². The Hall–Kier alpha value is -1.54. The summed E-state index contributed by atoms with van der Waals surface area (Å²) < 4.78 is 57.3. The Labute approximate surface area is 119 Å². The second-order valence-corrected chi connectivity index (χ2v) is 5.06. The van der Waals surface area contributed by atoms with Crippen LogP contribution >= 0.6 is 0 Å². The zero-order valence-corrected chi connectivity index (χ0v) is 11.8. The molecule has 1 aromatic carbocycles. The molecule has 0 fully saturated rings. The van der Waals surface area contributed by atoms with E-state index in [0.29, 0.717) is 5.56 Å². The van der Waals surface area contributed by atoms with Gasteiger partial charge in [-0.05, 0) is 26.8 Å². The van der Waals surface area contributed by atoms with Gasteiger partial charge in [0.25, 0.3) is 0 Å². The molecule has 0 aliphatic heterocycles. The van der Waals surface area contributed by atoms with Crippen LogP contribution in [0.25, 0.3) is 0 Å². The third-order valence-electron chi connectivity index (χ3n) is 2.12. The molecular formula is C13H17F4NO3. The summed E-state index contributed by atoms with van der Waals surface area (Å²) in [5.74, 6) is -0.519. The number of halogens is 4. The standard InChI is InChI=1S/C13H17F4NO3/c1-13(2,3)21-18-7-8-4-5-9(19-11(14)15)6-10(8)20-12(16)17/h4-6,11-12,18H,7H2,1-3H3. The Balaban J connectivity index is 2.81. The molecule has 0 aromatic heterocycles. The van der Waals surface area contributed by atoms with Gasteiger partial charge in [0.15, 0.2) is 0 Å². The fourth-order valence-corrected chi connectivity index (χ4v) is 1.39. The van der Waals surface area contributed by atoms with Gasteiger partial charge in [-0.25, -0.2) is 0 Å². The Bertz CT molecular complexity index is 450. The van der Waals surface area contributed by atoms with Crippen molar-refractivity contribution < 1.29 is 31.9 Å². The second kappa shape index (κ2) is 7.46. The Morgan fingerprint density at radius 1 is 1.05 bits per heavy atom. The van der Waals surface area contributed by atoms with Crippen molar-refractivity contribution in [2.75, 3.05) is 0 Å². The number of ether oxygens (including phenoxy) is 2. The van der Waals surface area contributed by atoms with Crippen molar-refractivity contribution in [1.82, 2.24) is 5.48 Å². The fraction of sp³-hybridized carbons (Fsp3) is 0.538.